The molecule has 0 aliphatic carbocycles. The number of halogens is 3. The molecule has 1 unspecified atom stereocenters. The molecule has 4 heterocycles. The Kier molecular flexibility index (Phi) is 7.71. The van der Waals surface area contributed by atoms with Crippen molar-refractivity contribution in [3.05, 3.63) is 59.3 Å². The van der Waals surface area contributed by atoms with Gasteiger partial charge in [0, 0.05) is 48.3 Å². The summed E-state index contributed by atoms with van der Waals surface area (Å²) in [5, 5.41) is 22.5. The van der Waals surface area contributed by atoms with Crippen molar-refractivity contribution >= 4 is 27.6 Å². The number of terminal acetylenes is 1. The number of ether oxygens (including phenoxy) is 1. The van der Waals surface area contributed by atoms with E-state index in [1.165, 1.54) is 30.3 Å². The molecule has 12 heteroatoms. The summed E-state index contributed by atoms with van der Waals surface area (Å²) in [5.41, 5.74) is 2.83. The first-order valence-corrected chi connectivity index (χ1v) is 15.3. The van der Waals surface area contributed by atoms with Crippen LogP contribution in [0.25, 0.3) is 32.8 Å². The Hall–Kier alpha value is -4.44. The highest BCUT2D eigenvalue weighted by Crippen LogP contribution is 2.42. The second-order valence-electron chi connectivity index (χ2n) is 12.4. The third-order valence-electron chi connectivity index (χ3n) is 9.53. The zero-order valence-corrected chi connectivity index (χ0v) is 24.9. The minimum Gasteiger partial charge on any atom is -0.508 e. The Bertz CT molecular complexity index is 1920. The van der Waals surface area contributed by atoms with Gasteiger partial charge in [-0.15, -0.1) is 6.42 Å². The maximum Gasteiger partial charge on any atom is 0.317 e. The summed E-state index contributed by atoms with van der Waals surface area (Å²) in [6.07, 6.45) is 7.32. The Morgan fingerprint density at radius 3 is 2.80 bits per heavy atom. The zero-order valence-electron chi connectivity index (χ0n) is 24.9. The van der Waals surface area contributed by atoms with Crippen LogP contribution in [0.1, 0.15) is 42.9 Å². The summed E-state index contributed by atoms with van der Waals surface area (Å²) < 4.78 is 52.2. The molecule has 46 heavy (non-hydrogen) atoms. The molecule has 1 amide bonds. The van der Waals surface area contributed by atoms with E-state index in [-0.39, 0.29) is 51.9 Å². The predicted molar refractivity (Wildman–Crippen MR) is 165 cm³/mol. The van der Waals surface area contributed by atoms with Crippen molar-refractivity contribution in [3.63, 3.8) is 0 Å². The van der Waals surface area contributed by atoms with Crippen molar-refractivity contribution in [2.75, 3.05) is 39.4 Å². The highest BCUT2D eigenvalue weighted by Gasteiger charge is 2.49. The molecule has 7 rings (SSSR count). The number of phenols is 1. The monoisotopic (exact) mass is 631 g/mol. The minimum atomic E-state index is -0.953. The van der Waals surface area contributed by atoms with Gasteiger partial charge in [0.2, 0.25) is 0 Å². The molecule has 3 saturated heterocycles. The maximum absolute atomic E-state index is 16.8. The highest BCUT2D eigenvalue weighted by molar-refractivity contribution is 6.03. The van der Waals surface area contributed by atoms with Crippen LogP contribution in [0.3, 0.4) is 0 Å². The Labute approximate surface area is 263 Å². The molecule has 0 bridgehead atoms. The summed E-state index contributed by atoms with van der Waals surface area (Å²) in [7, 11) is 0. The zero-order chi connectivity index (χ0) is 32.2. The number of amides is 1. The van der Waals surface area contributed by atoms with E-state index >= 15 is 4.39 Å². The number of hydrazine groups is 1. The molecule has 3 atom stereocenters. The molecule has 3 N–H and O–H groups in total. The lowest BCUT2D eigenvalue weighted by Gasteiger charge is -2.30. The number of phenolic OH excluding ortho intramolecular Hbond substituents is 1. The summed E-state index contributed by atoms with van der Waals surface area (Å²) in [6, 6.07) is 8.59. The number of aliphatic hydroxyl groups is 1. The van der Waals surface area contributed by atoms with Crippen LogP contribution in [0.2, 0.25) is 0 Å². The van der Waals surface area contributed by atoms with Gasteiger partial charge in [0.05, 0.1) is 16.8 Å². The van der Waals surface area contributed by atoms with E-state index in [1.54, 1.807) is 11.1 Å². The van der Waals surface area contributed by atoms with Gasteiger partial charge in [0.15, 0.2) is 5.82 Å². The molecule has 9 nitrogen and oxygen atoms in total. The van der Waals surface area contributed by atoms with Crippen LogP contribution in [-0.2, 0) is 4.79 Å². The molecule has 4 aromatic rings. The summed E-state index contributed by atoms with van der Waals surface area (Å²) in [4.78, 5) is 23.2. The van der Waals surface area contributed by atoms with Gasteiger partial charge in [-0.05, 0) is 55.0 Å². The largest absolute Gasteiger partial charge is 0.508 e. The van der Waals surface area contributed by atoms with E-state index in [4.69, 9.17) is 16.1 Å². The molecule has 3 aromatic carbocycles. The lowest BCUT2D eigenvalue weighted by Crippen LogP contribution is -2.43. The number of hydrogen-bond acceptors (Lipinski definition) is 8. The van der Waals surface area contributed by atoms with Gasteiger partial charge in [-0.1, -0.05) is 24.1 Å². The molecule has 3 fully saturated rings. The number of hydrogen-bond donors (Lipinski definition) is 3. The van der Waals surface area contributed by atoms with Gasteiger partial charge < -0.3 is 14.9 Å². The van der Waals surface area contributed by atoms with Crippen molar-refractivity contribution in [3.8, 4) is 35.2 Å². The topological polar surface area (TPSA) is 111 Å². The van der Waals surface area contributed by atoms with Crippen molar-refractivity contribution in [2.24, 2.45) is 0 Å². The smallest absolute Gasteiger partial charge is 0.317 e. The van der Waals surface area contributed by atoms with Gasteiger partial charge in [-0.3, -0.25) is 15.1 Å². The lowest BCUT2D eigenvalue weighted by molar-refractivity contribution is -0.128. The van der Waals surface area contributed by atoms with Gasteiger partial charge >= 0.3 is 6.01 Å². The molecular weight excluding hydrogens is 599 g/mol. The number of alkyl halides is 1. The number of aliphatic hydroxyl groups excluding tert-OH is 1. The first kappa shape index (κ1) is 30.2. The Morgan fingerprint density at radius 2 is 2.00 bits per heavy atom. The van der Waals surface area contributed by atoms with Crippen molar-refractivity contribution in [1.82, 2.24) is 25.3 Å². The standard InChI is InChI=1S/C34H32F3N5O4/c1-2-23-27(36)7-4-19-12-22(44)13-26(29(19)23)24-5-6-25-31(20-8-11-42(15-20)40-28(45)17-43)38-33(39-32(25)30(24)37)46-18-34-9-3-10-41(34)16-21(35)14-34/h1,4-7,12-13,20-21,43-44H,3,8-11,14-18H2,(H,40,45)/t20?,21-,34+/m1/s1. The fourth-order valence-electron chi connectivity index (χ4n) is 7.47. The molecular formula is C34H32F3N5O4. The number of rotatable bonds is 7. The van der Waals surface area contributed by atoms with Crippen LogP contribution >= 0.6 is 0 Å². The number of aromatic hydroxyl groups is 1. The summed E-state index contributed by atoms with van der Waals surface area (Å²) >= 11 is 0. The summed E-state index contributed by atoms with van der Waals surface area (Å²) in [5.74, 6) is 0.0343. The first-order chi connectivity index (χ1) is 22.2. The van der Waals surface area contributed by atoms with E-state index in [1.807, 2.05) is 0 Å². The van der Waals surface area contributed by atoms with Gasteiger partial charge in [-0.25, -0.2) is 18.2 Å². The van der Waals surface area contributed by atoms with Crippen molar-refractivity contribution in [2.45, 2.75) is 43.3 Å². The molecule has 238 valence electrons. The number of benzene rings is 3. The molecule has 0 spiro atoms. The molecule has 1 aromatic heterocycles. The van der Waals surface area contributed by atoms with Crippen LogP contribution in [0.15, 0.2) is 36.4 Å². The number of nitrogens with zero attached hydrogens (tertiary/aromatic N) is 4. The average molecular weight is 632 g/mol. The van der Waals surface area contributed by atoms with E-state index in [2.05, 4.69) is 21.2 Å². The van der Waals surface area contributed by atoms with E-state index in [0.717, 1.165) is 19.4 Å². The van der Waals surface area contributed by atoms with Crippen molar-refractivity contribution < 1.29 is 32.9 Å². The van der Waals surface area contributed by atoms with Crippen molar-refractivity contribution in [1.29, 1.82) is 0 Å². The number of carbonyl (C=O) groups is 1. The third-order valence-corrected chi connectivity index (χ3v) is 9.53. The first-order valence-electron chi connectivity index (χ1n) is 15.3. The van der Waals surface area contributed by atoms with E-state index in [0.29, 0.717) is 48.9 Å². The van der Waals surface area contributed by atoms with Crippen LogP contribution in [0.5, 0.6) is 11.8 Å². The number of aromatic nitrogens is 2. The Balaban J connectivity index is 1.35. The quantitative estimate of drug-likeness (QED) is 0.261. The van der Waals surface area contributed by atoms with Gasteiger partial charge in [0.25, 0.3) is 5.91 Å². The molecule has 3 aliphatic rings. The highest BCUT2D eigenvalue weighted by atomic mass is 19.1. The molecule has 0 saturated carbocycles. The number of carbonyl (C=O) groups excluding carboxylic acids is 1. The summed E-state index contributed by atoms with van der Waals surface area (Å²) in [6.45, 7) is 1.44. The third kappa shape index (κ3) is 5.18. The number of fused-ring (bicyclic) bond motifs is 3. The Morgan fingerprint density at radius 1 is 1.15 bits per heavy atom. The predicted octanol–water partition coefficient (Wildman–Crippen LogP) is 4.18. The fraction of sp³-hybridized carbons (Fsp3) is 0.382. The van der Waals surface area contributed by atoms with Gasteiger partial charge in [-0.2, -0.15) is 9.97 Å². The number of nitrogens with one attached hydrogen (secondary N) is 1. The average Bonchev–Trinajstić information content (AvgIpc) is 3.74. The van der Waals surface area contributed by atoms with Crippen LogP contribution < -0.4 is 10.2 Å². The van der Waals surface area contributed by atoms with Crippen LogP contribution in [-0.4, -0.2) is 87.1 Å². The maximum atomic E-state index is 16.8. The normalized spacial score (nSPS) is 23.2. The van der Waals surface area contributed by atoms with E-state index in [9.17, 15) is 23.8 Å². The second-order valence-corrected chi connectivity index (χ2v) is 12.4. The fourth-order valence-corrected chi connectivity index (χ4v) is 7.47. The molecule has 0 radical (unpaired) electrons. The van der Waals surface area contributed by atoms with E-state index < -0.39 is 35.9 Å². The SMILES string of the molecule is C#Cc1c(F)ccc2cc(O)cc(-c3ccc4c(C5CCN(NC(=O)CO)C5)nc(OC[C@@]56CCCN5C[C@H](F)C6)nc4c3F)c12. The molecule has 3 aliphatic heterocycles. The lowest BCUT2D eigenvalue weighted by atomic mass is 9.92. The van der Waals surface area contributed by atoms with Gasteiger partial charge in [0.1, 0.15) is 36.5 Å². The van der Waals surface area contributed by atoms with Crippen LogP contribution in [0.4, 0.5) is 13.2 Å². The van der Waals surface area contributed by atoms with Crippen LogP contribution in [0, 0.1) is 24.0 Å². The minimum absolute atomic E-state index is 0.0407. The second kappa shape index (κ2) is 11.7.